The van der Waals surface area contributed by atoms with E-state index in [0.29, 0.717) is 0 Å². The van der Waals surface area contributed by atoms with Gasteiger partial charge in [-0.2, -0.15) is 0 Å². The summed E-state index contributed by atoms with van der Waals surface area (Å²) in [5.74, 6) is 0. The summed E-state index contributed by atoms with van der Waals surface area (Å²) < 4.78 is 12.6. The monoisotopic (exact) mass is 142 g/mol. The zero-order valence-corrected chi connectivity index (χ0v) is 7.99. The summed E-state index contributed by atoms with van der Waals surface area (Å²) in [6.45, 7) is 0. The van der Waals surface area contributed by atoms with Gasteiger partial charge in [0, 0.05) is 0 Å². The first kappa shape index (κ1) is 11.1. The summed E-state index contributed by atoms with van der Waals surface area (Å²) in [6, 6.07) is 0. The molecule has 32 valence electrons. The Morgan fingerprint density at radius 3 is 2.14 bits per heavy atom. The average molecular weight is 142 g/mol. The van der Waals surface area contributed by atoms with Crippen LogP contribution in [0.2, 0.25) is 0 Å². The molecule has 0 saturated heterocycles. The first-order chi connectivity index (χ1) is 2.77. The summed E-state index contributed by atoms with van der Waals surface area (Å²) in [7, 11) is 0. The van der Waals surface area contributed by atoms with E-state index in [1.54, 1.807) is 0 Å². The van der Waals surface area contributed by atoms with E-state index in [9.17, 15) is 3.80 Å². The van der Waals surface area contributed by atoms with Crippen molar-refractivity contribution in [2.45, 2.75) is 0 Å². The van der Waals surface area contributed by atoms with Crippen LogP contribution in [0, 0.1) is 0 Å². The van der Waals surface area contributed by atoms with Crippen LogP contribution in [-0.2, 0) is 7.59 Å². The van der Waals surface area contributed by atoms with E-state index >= 15 is 0 Å². The molecular formula is CAlKO4. The first-order valence-corrected chi connectivity index (χ1v) is 2.03. The minimum absolute atomic E-state index is 0. The van der Waals surface area contributed by atoms with Crippen LogP contribution >= 0.6 is 0 Å². The third kappa shape index (κ3) is 11.1. The van der Waals surface area contributed by atoms with Gasteiger partial charge in [0.2, 0.25) is 0 Å². The molecule has 0 aliphatic rings. The van der Waals surface area contributed by atoms with Crippen molar-refractivity contribution >= 4 is 21.6 Å². The summed E-state index contributed by atoms with van der Waals surface area (Å²) >= 11 is -1.66. The summed E-state index contributed by atoms with van der Waals surface area (Å²) in [5, 5.41) is 9.09. The maximum absolute atomic E-state index is 9.18. The Morgan fingerprint density at radius 2 is 2.14 bits per heavy atom. The Morgan fingerprint density at radius 1 is 1.71 bits per heavy atom. The number of carbonyl (C=O) groups excluding carboxylic acids is 1. The van der Waals surface area contributed by atoms with Crippen LogP contribution in [0.3, 0.4) is 0 Å². The molecule has 0 aromatic heterocycles. The zero-order valence-electron chi connectivity index (χ0n) is 3.71. The van der Waals surface area contributed by atoms with Gasteiger partial charge in [0.05, 0.1) is 0 Å². The number of hydrogen-bond acceptors (Lipinski definition) is 4. The number of carbonyl (C=O) groups is 1. The molecule has 0 aliphatic carbocycles. The van der Waals surface area contributed by atoms with Crippen LogP contribution in [0.15, 0.2) is 0 Å². The van der Waals surface area contributed by atoms with Gasteiger partial charge in [-0.05, 0) is 0 Å². The Kier molecular flexibility index (Phi) is 11.5. The van der Waals surface area contributed by atoms with Gasteiger partial charge in [-0.3, -0.25) is 0 Å². The molecule has 6 heteroatoms. The predicted molar refractivity (Wildman–Crippen MR) is 12.9 cm³/mol. The Hall–Kier alpha value is 1.24. The van der Waals surface area contributed by atoms with Crippen molar-refractivity contribution in [2.75, 3.05) is 0 Å². The molecular weight excluding hydrogens is 142 g/mol. The summed E-state index contributed by atoms with van der Waals surface area (Å²) in [4.78, 5) is 9.09. The number of hydrogen-bond donors (Lipinski definition) is 0. The molecule has 0 N–H and O–H groups in total. The van der Waals surface area contributed by atoms with Gasteiger partial charge in [0.15, 0.2) is 0 Å². The van der Waals surface area contributed by atoms with Crippen molar-refractivity contribution in [1.29, 1.82) is 0 Å². The van der Waals surface area contributed by atoms with Crippen LogP contribution in [-0.4, -0.2) is 21.6 Å². The van der Waals surface area contributed by atoms with Gasteiger partial charge >= 0.3 is 90.5 Å². The van der Waals surface area contributed by atoms with Crippen molar-refractivity contribution in [1.82, 2.24) is 0 Å². The van der Waals surface area contributed by atoms with E-state index in [1.807, 2.05) is 0 Å². The quantitative estimate of drug-likeness (QED) is 0.345. The first-order valence-electron chi connectivity index (χ1n) is 1.08. The van der Waals surface area contributed by atoms with E-state index in [0.717, 1.165) is 0 Å². The molecule has 0 aliphatic heterocycles. The molecule has 0 heterocycles. The minimum atomic E-state index is -1.74. The number of rotatable bonds is 1. The van der Waals surface area contributed by atoms with E-state index in [4.69, 9.17) is 9.90 Å². The Balaban J connectivity index is 0. The van der Waals surface area contributed by atoms with Crippen molar-refractivity contribution < 1.29 is 68.9 Å². The normalized spacial score (nSPS) is 5.14. The van der Waals surface area contributed by atoms with Crippen LogP contribution in [0.5, 0.6) is 0 Å². The van der Waals surface area contributed by atoms with Crippen LogP contribution in [0.4, 0.5) is 4.79 Å². The molecule has 0 saturated carbocycles. The molecule has 0 rings (SSSR count). The van der Waals surface area contributed by atoms with Gasteiger partial charge < -0.3 is 0 Å². The van der Waals surface area contributed by atoms with Crippen LogP contribution in [0.25, 0.3) is 0 Å². The second kappa shape index (κ2) is 7.24. The molecule has 0 bridgehead atoms. The molecule has 0 atom stereocenters. The van der Waals surface area contributed by atoms with Gasteiger partial charge in [0.25, 0.3) is 0 Å². The molecule has 0 aromatic rings. The van der Waals surface area contributed by atoms with Gasteiger partial charge in [-0.25, -0.2) is 0 Å². The van der Waals surface area contributed by atoms with E-state index in [2.05, 4.69) is 3.79 Å². The molecule has 0 aromatic carbocycles. The predicted octanol–water partition coefficient (Wildman–Crippen LogP) is -4.69. The molecule has 0 fully saturated rings. The third-order valence-corrected chi connectivity index (χ3v) is 0.433. The van der Waals surface area contributed by atoms with Gasteiger partial charge in [-0.15, -0.1) is 0 Å². The molecule has 7 heavy (non-hydrogen) atoms. The van der Waals surface area contributed by atoms with Crippen molar-refractivity contribution in [3.05, 3.63) is 0 Å². The van der Waals surface area contributed by atoms with E-state index < -0.39 is 21.6 Å². The fourth-order valence-corrected chi connectivity index (χ4v) is 0.118. The topological polar surface area (TPSA) is 66.4 Å². The second-order valence-electron chi connectivity index (χ2n) is 0.464. The third-order valence-electron chi connectivity index (χ3n) is 0.144. The summed E-state index contributed by atoms with van der Waals surface area (Å²) in [5.41, 5.74) is 0. The van der Waals surface area contributed by atoms with Crippen molar-refractivity contribution in [2.24, 2.45) is 0 Å². The number of carboxylic acid groups (broad SMARTS) is 1. The fraction of sp³-hybridized carbons (Fsp3) is 0. The van der Waals surface area contributed by atoms with Crippen LogP contribution in [0.1, 0.15) is 0 Å². The van der Waals surface area contributed by atoms with Crippen LogP contribution < -0.4 is 56.5 Å². The molecule has 0 radical (unpaired) electrons. The van der Waals surface area contributed by atoms with Crippen molar-refractivity contribution in [3.8, 4) is 0 Å². The molecule has 0 unspecified atom stereocenters. The molecule has 0 amide bonds. The molecule has 4 nitrogen and oxygen atoms in total. The maximum atomic E-state index is 9.18. The molecule has 0 spiro atoms. The standard InChI is InChI=1S/CH2O3.Al.K.O/c2-1(3)4;;;/h(H2,2,3,4);;;/q;2*+1;/p-2. The van der Waals surface area contributed by atoms with Gasteiger partial charge in [0.1, 0.15) is 0 Å². The Bertz CT molecular complexity index is 72.1. The second-order valence-corrected chi connectivity index (χ2v) is 0.892. The van der Waals surface area contributed by atoms with E-state index in [-0.39, 0.29) is 51.4 Å². The van der Waals surface area contributed by atoms with Gasteiger partial charge in [-0.1, -0.05) is 0 Å². The summed E-state index contributed by atoms with van der Waals surface area (Å²) in [6.07, 6.45) is -1.74. The zero-order chi connectivity index (χ0) is 4.99. The SMILES string of the molecule is [K+].[O]=[Al][O]C(=O)[O-]. The Labute approximate surface area is 88.9 Å². The average Bonchev–Trinajstić information content (AvgIpc) is 1.35. The van der Waals surface area contributed by atoms with E-state index in [1.165, 1.54) is 0 Å². The van der Waals surface area contributed by atoms with Crippen molar-refractivity contribution in [3.63, 3.8) is 0 Å². The fourth-order valence-electron chi connectivity index (χ4n) is 0.0393.